The van der Waals surface area contributed by atoms with Crippen molar-refractivity contribution in [3.05, 3.63) is 23.8 Å². The molecule has 0 atom stereocenters. The van der Waals surface area contributed by atoms with Gasteiger partial charge in [0.1, 0.15) is 10.6 Å². The van der Waals surface area contributed by atoms with Crippen molar-refractivity contribution in [1.82, 2.24) is 0 Å². The van der Waals surface area contributed by atoms with Crippen molar-refractivity contribution in [3.63, 3.8) is 0 Å². The fourth-order valence-corrected chi connectivity index (χ4v) is 2.48. The first-order valence-corrected chi connectivity index (χ1v) is 6.72. The van der Waals surface area contributed by atoms with Crippen LogP contribution in [0.5, 0.6) is 5.75 Å². The summed E-state index contributed by atoms with van der Waals surface area (Å²) < 4.78 is 28.5. The van der Waals surface area contributed by atoms with Crippen LogP contribution >= 0.6 is 0 Å². The topological polar surface area (TPSA) is 69.4 Å². The first-order valence-electron chi connectivity index (χ1n) is 5.17. The summed E-state index contributed by atoms with van der Waals surface area (Å²) in [5.41, 5.74) is 0.681. The third kappa shape index (κ3) is 2.96. The minimum atomic E-state index is -3.75. The Morgan fingerprint density at radius 1 is 1.38 bits per heavy atom. The Bertz CT molecular complexity index is 466. The van der Waals surface area contributed by atoms with E-state index in [1.165, 1.54) is 0 Å². The minimum absolute atomic E-state index is 0.0902. The van der Waals surface area contributed by atoms with Gasteiger partial charge in [-0.05, 0) is 31.9 Å². The van der Waals surface area contributed by atoms with Gasteiger partial charge in [-0.2, -0.15) is 0 Å². The molecule has 16 heavy (non-hydrogen) atoms. The molecular weight excluding hydrogens is 226 g/mol. The fourth-order valence-electron chi connectivity index (χ4n) is 1.51. The van der Waals surface area contributed by atoms with E-state index < -0.39 is 10.0 Å². The normalized spacial score (nSPS) is 11.8. The zero-order valence-electron chi connectivity index (χ0n) is 9.73. The zero-order chi connectivity index (χ0) is 12.3. The highest BCUT2D eigenvalue weighted by atomic mass is 32.2. The van der Waals surface area contributed by atoms with Crippen molar-refractivity contribution in [2.45, 2.75) is 38.2 Å². The molecule has 4 nitrogen and oxygen atoms in total. The lowest BCUT2D eigenvalue weighted by atomic mass is 10.1. The summed E-state index contributed by atoms with van der Waals surface area (Å²) in [5.74, 6) is 0.330. The molecule has 0 saturated carbocycles. The summed E-state index contributed by atoms with van der Waals surface area (Å²) in [6.07, 6.45) is 0.508. The smallest absolute Gasteiger partial charge is 0.242 e. The van der Waals surface area contributed by atoms with Crippen LogP contribution in [0.3, 0.4) is 0 Å². The van der Waals surface area contributed by atoms with Crippen LogP contribution in [0, 0.1) is 0 Å². The van der Waals surface area contributed by atoms with Crippen LogP contribution in [0.4, 0.5) is 0 Å². The molecule has 5 heteroatoms. The fraction of sp³-hybridized carbons (Fsp3) is 0.455. The number of rotatable bonds is 4. The molecule has 0 heterocycles. The van der Waals surface area contributed by atoms with E-state index in [9.17, 15) is 8.42 Å². The van der Waals surface area contributed by atoms with E-state index in [1.807, 2.05) is 20.8 Å². The second kappa shape index (κ2) is 4.84. The third-order valence-corrected chi connectivity index (χ3v) is 3.12. The SMILES string of the molecule is CCc1cccc(OC(C)C)c1S(N)(=O)=O. The van der Waals surface area contributed by atoms with E-state index in [2.05, 4.69) is 0 Å². The summed E-state index contributed by atoms with van der Waals surface area (Å²) in [6.45, 7) is 5.56. The van der Waals surface area contributed by atoms with Gasteiger partial charge in [-0.25, -0.2) is 13.6 Å². The zero-order valence-corrected chi connectivity index (χ0v) is 10.5. The predicted molar refractivity (Wildman–Crippen MR) is 63.0 cm³/mol. The highest BCUT2D eigenvalue weighted by Gasteiger charge is 2.19. The Hall–Kier alpha value is -1.07. The Morgan fingerprint density at radius 3 is 2.44 bits per heavy atom. The molecular formula is C11H17NO3S. The highest BCUT2D eigenvalue weighted by Crippen LogP contribution is 2.27. The van der Waals surface area contributed by atoms with E-state index in [4.69, 9.17) is 9.88 Å². The van der Waals surface area contributed by atoms with E-state index in [-0.39, 0.29) is 11.0 Å². The van der Waals surface area contributed by atoms with E-state index in [1.54, 1.807) is 18.2 Å². The van der Waals surface area contributed by atoms with Crippen LogP contribution in [-0.4, -0.2) is 14.5 Å². The van der Waals surface area contributed by atoms with Crippen molar-refractivity contribution in [2.24, 2.45) is 5.14 Å². The number of hydrogen-bond donors (Lipinski definition) is 1. The lowest BCUT2D eigenvalue weighted by molar-refractivity contribution is 0.235. The molecule has 0 saturated heterocycles. The summed E-state index contributed by atoms with van der Waals surface area (Å²) in [5, 5.41) is 5.20. The Balaban J connectivity index is 3.38. The number of sulfonamides is 1. The molecule has 0 bridgehead atoms. The maximum absolute atomic E-state index is 11.5. The Labute approximate surface area is 96.5 Å². The largest absolute Gasteiger partial charge is 0.490 e. The van der Waals surface area contributed by atoms with E-state index in [0.29, 0.717) is 17.7 Å². The molecule has 0 aliphatic heterocycles. The van der Waals surface area contributed by atoms with Gasteiger partial charge in [-0.15, -0.1) is 0 Å². The number of primary sulfonamides is 1. The number of ether oxygens (including phenoxy) is 1. The van der Waals surface area contributed by atoms with Gasteiger partial charge in [-0.1, -0.05) is 19.1 Å². The molecule has 0 unspecified atom stereocenters. The van der Waals surface area contributed by atoms with Gasteiger partial charge in [0.2, 0.25) is 10.0 Å². The predicted octanol–water partition coefficient (Wildman–Crippen LogP) is 1.68. The average Bonchev–Trinajstić information content (AvgIpc) is 2.14. The molecule has 0 fully saturated rings. The second-order valence-electron chi connectivity index (χ2n) is 3.81. The number of nitrogens with two attached hydrogens (primary N) is 1. The third-order valence-electron chi connectivity index (χ3n) is 2.09. The van der Waals surface area contributed by atoms with E-state index in [0.717, 1.165) is 0 Å². The molecule has 1 rings (SSSR count). The molecule has 0 spiro atoms. The van der Waals surface area contributed by atoms with Crippen LogP contribution in [0.2, 0.25) is 0 Å². The standard InChI is InChI=1S/C11H17NO3S/c1-4-9-6-5-7-10(15-8(2)3)11(9)16(12,13)14/h5-8H,4H2,1-3H3,(H2,12,13,14). The molecule has 1 aromatic rings. The van der Waals surface area contributed by atoms with Gasteiger partial charge in [0.25, 0.3) is 0 Å². The molecule has 2 N–H and O–H groups in total. The van der Waals surface area contributed by atoms with Crippen LogP contribution < -0.4 is 9.88 Å². The van der Waals surface area contributed by atoms with Gasteiger partial charge in [-0.3, -0.25) is 0 Å². The molecule has 0 aromatic heterocycles. The van der Waals surface area contributed by atoms with Crippen LogP contribution in [0.25, 0.3) is 0 Å². The summed E-state index contributed by atoms with van der Waals surface area (Å²) >= 11 is 0. The highest BCUT2D eigenvalue weighted by molar-refractivity contribution is 7.89. The lowest BCUT2D eigenvalue weighted by Gasteiger charge is -2.15. The Morgan fingerprint density at radius 2 is 2.00 bits per heavy atom. The monoisotopic (exact) mass is 243 g/mol. The summed E-state index contributed by atoms with van der Waals surface area (Å²) in [7, 11) is -3.75. The van der Waals surface area contributed by atoms with Crippen molar-refractivity contribution in [2.75, 3.05) is 0 Å². The maximum Gasteiger partial charge on any atom is 0.242 e. The first kappa shape index (κ1) is 13.0. The second-order valence-corrected chi connectivity index (χ2v) is 5.31. The van der Waals surface area contributed by atoms with Crippen molar-refractivity contribution >= 4 is 10.0 Å². The summed E-state index contributed by atoms with van der Waals surface area (Å²) in [4.78, 5) is 0.103. The number of benzene rings is 1. The van der Waals surface area contributed by atoms with Gasteiger partial charge in [0, 0.05) is 0 Å². The van der Waals surface area contributed by atoms with Gasteiger partial charge >= 0.3 is 0 Å². The van der Waals surface area contributed by atoms with E-state index >= 15 is 0 Å². The Kier molecular flexibility index (Phi) is 3.93. The molecule has 0 aliphatic rings. The van der Waals surface area contributed by atoms with Gasteiger partial charge < -0.3 is 4.74 Å². The quantitative estimate of drug-likeness (QED) is 0.874. The summed E-state index contributed by atoms with van der Waals surface area (Å²) in [6, 6.07) is 5.14. The number of aryl methyl sites for hydroxylation is 1. The average molecular weight is 243 g/mol. The van der Waals surface area contributed by atoms with Crippen LogP contribution in [0.1, 0.15) is 26.3 Å². The van der Waals surface area contributed by atoms with Crippen molar-refractivity contribution in [3.8, 4) is 5.75 Å². The van der Waals surface area contributed by atoms with Crippen LogP contribution in [-0.2, 0) is 16.4 Å². The molecule has 0 aliphatic carbocycles. The van der Waals surface area contributed by atoms with Crippen molar-refractivity contribution < 1.29 is 13.2 Å². The van der Waals surface area contributed by atoms with Gasteiger partial charge in [0.15, 0.2) is 0 Å². The number of hydrogen-bond acceptors (Lipinski definition) is 3. The minimum Gasteiger partial charge on any atom is -0.490 e. The van der Waals surface area contributed by atoms with Gasteiger partial charge in [0.05, 0.1) is 6.10 Å². The lowest BCUT2D eigenvalue weighted by Crippen LogP contribution is -2.17. The first-order chi connectivity index (χ1) is 7.36. The van der Waals surface area contributed by atoms with Crippen LogP contribution in [0.15, 0.2) is 23.1 Å². The molecule has 0 amide bonds. The molecule has 0 radical (unpaired) electrons. The van der Waals surface area contributed by atoms with Crippen molar-refractivity contribution in [1.29, 1.82) is 0 Å². The molecule has 90 valence electrons. The maximum atomic E-state index is 11.5. The molecule has 1 aromatic carbocycles.